The van der Waals surface area contributed by atoms with Crippen LogP contribution in [0.5, 0.6) is 0 Å². The summed E-state index contributed by atoms with van der Waals surface area (Å²) >= 11 is 0. The summed E-state index contributed by atoms with van der Waals surface area (Å²) in [4.78, 5) is 16.7. The summed E-state index contributed by atoms with van der Waals surface area (Å²) in [5.74, 6) is -1.29. The lowest BCUT2D eigenvalue weighted by Crippen LogP contribution is -2.39. The molecule has 1 aromatic carbocycles. The summed E-state index contributed by atoms with van der Waals surface area (Å²) in [6.07, 6.45) is 3.79. The number of nitriles is 1. The minimum absolute atomic E-state index is 0.0956. The molecule has 5 rings (SSSR count). The second-order valence-electron chi connectivity index (χ2n) is 7.76. The molecule has 0 amide bonds. The molecule has 2 aliphatic carbocycles. The van der Waals surface area contributed by atoms with Gasteiger partial charge in [-0.15, -0.1) is 0 Å². The Morgan fingerprint density at radius 3 is 3.04 bits per heavy atom. The van der Waals surface area contributed by atoms with Crippen molar-refractivity contribution in [3.05, 3.63) is 53.0 Å². The molecule has 0 fully saturated rings. The standard InChI is InChI=1S/C22H22N4O2/c1-3-28-22(27)20-14(10-23)19-12-6-4-5-7-16(12)24-21(19)13-8-9-17-15(18(13)20)11-26(2)25-17/h4-7,11,13-14,18,20,24H,3,8-9H2,1-2H3. The monoisotopic (exact) mass is 374 g/mol. The Bertz CT molecular complexity index is 1120. The molecule has 6 heteroatoms. The van der Waals surface area contributed by atoms with Crippen molar-refractivity contribution in [1.82, 2.24) is 14.8 Å². The number of hydrogen-bond acceptors (Lipinski definition) is 4. The first-order valence-electron chi connectivity index (χ1n) is 9.83. The predicted molar refractivity (Wildman–Crippen MR) is 104 cm³/mol. The molecule has 2 aromatic heterocycles. The van der Waals surface area contributed by atoms with E-state index < -0.39 is 11.8 Å². The van der Waals surface area contributed by atoms with Crippen LogP contribution in [0, 0.1) is 17.2 Å². The average Bonchev–Trinajstić information content (AvgIpc) is 3.26. The molecule has 0 radical (unpaired) electrons. The average molecular weight is 374 g/mol. The topological polar surface area (TPSA) is 83.7 Å². The Balaban J connectivity index is 1.78. The quantitative estimate of drug-likeness (QED) is 0.696. The Morgan fingerprint density at radius 1 is 1.43 bits per heavy atom. The summed E-state index contributed by atoms with van der Waals surface area (Å²) in [7, 11) is 1.91. The van der Waals surface area contributed by atoms with E-state index in [4.69, 9.17) is 4.74 Å². The van der Waals surface area contributed by atoms with Gasteiger partial charge in [0, 0.05) is 41.7 Å². The highest BCUT2D eigenvalue weighted by Crippen LogP contribution is 2.56. The molecule has 2 aliphatic rings. The number of hydrogen-bond donors (Lipinski definition) is 1. The van der Waals surface area contributed by atoms with E-state index in [9.17, 15) is 10.1 Å². The minimum Gasteiger partial charge on any atom is -0.466 e. The van der Waals surface area contributed by atoms with Crippen molar-refractivity contribution in [2.45, 2.75) is 37.5 Å². The third-order valence-corrected chi connectivity index (χ3v) is 6.32. The van der Waals surface area contributed by atoms with Crippen LogP contribution in [0.25, 0.3) is 10.9 Å². The van der Waals surface area contributed by atoms with E-state index in [1.807, 2.05) is 49.1 Å². The molecule has 142 valence electrons. The SMILES string of the molecule is CCOC(=O)C1C(C#N)c2c([nH]c3ccccc23)C2CCc3nn(C)cc3C21. The number of nitrogens with one attached hydrogen (secondary N) is 1. The van der Waals surface area contributed by atoms with E-state index in [1.54, 1.807) is 0 Å². The van der Waals surface area contributed by atoms with Crippen molar-refractivity contribution in [3.63, 3.8) is 0 Å². The van der Waals surface area contributed by atoms with Crippen LogP contribution in [0.3, 0.4) is 0 Å². The highest BCUT2D eigenvalue weighted by atomic mass is 16.5. The zero-order valence-electron chi connectivity index (χ0n) is 16.0. The molecule has 3 aromatic rings. The second-order valence-corrected chi connectivity index (χ2v) is 7.76. The largest absolute Gasteiger partial charge is 0.466 e. The highest BCUT2D eigenvalue weighted by molar-refractivity contribution is 5.89. The first-order valence-corrected chi connectivity index (χ1v) is 9.83. The Labute approximate surface area is 163 Å². The van der Waals surface area contributed by atoms with Gasteiger partial charge in [0.25, 0.3) is 0 Å². The van der Waals surface area contributed by atoms with E-state index in [2.05, 4.69) is 16.2 Å². The number of para-hydroxylation sites is 1. The van der Waals surface area contributed by atoms with Gasteiger partial charge in [0.1, 0.15) is 0 Å². The lowest BCUT2D eigenvalue weighted by Gasteiger charge is -2.41. The lowest BCUT2D eigenvalue weighted by molar-refractivity contribution is -0.150. The van der Waals surface area contributed by atoms with Gasteiger partial charge in [-0.05, 0) is 37.0 Å². The number of aromatic amines is 1. The number of carbonyl (C=O) groups is 1. The lowest BCUT2D eigenvalue weighted by atomic mass is 9.60. The second kappa shape index (κ2) is 6.23. The highest BCUT2D eigenvalue weighted by Gasteiger charge is 2.51. The normalized spacial score (nSPS) is 25.5. The van der Waals surface area contributed by atoms with Gasteiger partial charge in [-0.25, -0.2) is 0 Å². The van der Waals surface area contributed by atoms with Crippen molar-refractivity contribution in [2.24, 2.45) is 13.0 Å². The van der Waals surface area contributed by atoms with Gasteiger partial charge in [-0.3, -0.25) is 9.48 Å². The molecular formula is C22H22N4O2. The summed E-state index contributed by atoms with van der Waals surface area (Å²) in [5, 5.41) is 15.8. The van der Waals surface area contributed by atoms with E-state index in [0.717, 1.165) is 46.3 Å². The number of ether oxygens (including phenoxy) is 1. The first kappa shape index (κ1) is 17.1. The minimum atomic E-state index is -0.544. The molecule has 1 N–H and O–H groups in total. The fraction of sp³-hybridized carbons (Fsp3) is 0.409. The number of carbonyl (C=O) groups excluding carboxylic acids is 1. The number of esters is 1. The summed E-state index contributed by atoms with van der Waals surface area (Å²) in [5.41, 5.74) is 5.22. The van der Waals surface area contributed by atoms with Crippen LogP contribution < -0.4 is 0 Å². The molecule has 0 spiro atoms. The summed E-state index contributed by atoms with van der Waals surface area (Å²) in [6, 6.07) is 10.5. The van der Waals surface area contributed by atoms with Crippen molar-refractivity contribution in [3.8, 4) is 6.07 Å². The Hall–Kier alpha value is -3.07. The third kappa shape index (κ3) is 2.26. The maximum Gasteiger partial charge on any atom is 0.311 e. The Morgan fingerprint density at radius 2 is 2.25 bits per heavy atom. The van der Waals surface area contributed by atoms with E-state index >= 15 is 0 Å². The van der Waals surface area contributed by atoms with Crippen LogP contribution >= 0.6 is 0 Å². The van der Waals surface area contributed by atoms with E-state index in [-0.39, 0.29) is 17.8 Å². The zero-order chi connectivity index (χ0) is 19.4. The molecule has 4 unspecified atom stereocenters. The molecule has 0 saturated carbocycles. The molecule has 6 nitrogen and oxygen atoms in total. The molecule has 0 bridgehead atoms. The maximum atomic E-state index is 13.1. The molecule has 0 saturated heterocycles. The van der Waals surface area contributed by atoms with Crippen LogP contribution in [-0.4, -0.2) is 27.3 Å². The smallest absolute Gasteiger partial charge is 0.311 e. The molecular weight excluding hydrogens is 352 g/mol. The molecule has 0 aliphatic heterocycles. The van der Waals surface area contributed by atoms with Gasteiger partial charge >= 0.3 is 5.97 Å². The first-order chi connectivity index (χ1) is 13.6. The van der Waals surface area contributed by atoms with Crippen molar-refractivity contribution in [1.29, 1.82) is 5.26 Å². The number of fused-ring (bicyclic) bond motifs is 7. The van der Waals surface area contributed by atoms with E-state index in [1.165, 1.54) is 0 Å². The fourth-order valence-corrected chi connectivity index (χ4v) is 5.35. The van der Waals surface area contributed by atoms with Gasteiger partial charge in [0.2, 0.25) is 0 Å². The third-order valence-electron chi connectivity index (χ3n) is 6.32. The van der Waals surface area contributed by atoms with Gasteiger partial charge in [-0.2, -0.15) is 10.4 Å². The van der Waals surface area contributed by atoms with Crippen LogP contribution in [0.4, 0.5) is 0 Å². The fourth-order valence-electron chi connectivity index (χ4n) is 5.35. The predicted octanol–water partition coefficient (Wildman–Crippen LogP) is 3.52. The van der Waals surface area contributed by atoms with Crippen molar-refractivity contribution < 1.29 is 9.53 Å². The Kier molecular flexibility index (Phi) is 3.80. The summed E-state index contributed by atoms with van der Waals surface area (Å²) < 4.78 is 7.28. The van der Waals surface area contributed by atoms with Crippen LogP contribution in [-0.2, 0) is 23.0 Å². The van der Waals surface area contributed by atoms with Crippen molar-refractivity contribution in [2.75, 3.05) is 6.61 Å². The number of H-pyrrole nitrogens is 1. The van der Waals surface area contributed by atoms with Crippen molar-refractivity contribution >= 4 is 16.9 Å². The van der Waals surface area contributed by atoms with E-state index in [0.29, 0.717) is 6.61 Å². The van der Waals surface area contributed by atoms with Crippen LogP contribution in [0.15, 0.2) is 30.5 Å². The number of aromatic nitrogens is 3. The van der Waals surface area contributed by atoms with Gasteiger partial charge in [-0.1, -0.05) is 18.2 Å². The summed E-state index contributed by atoms with van der Waals surface area (Å²) in [6.45, 7) is 2.12. The zero-order valence-corrected chi connectivity index (χ0v) is 16.0. The van der Waals surface area contributed by atoms with Crippen LogP contribution in [0.2, 0.25) is 0 Å². The van der Waals surface area contributed by atoms with Gasteiger partial charge in [0.05, 0.1) is 30.2 Å². The van der Waals surface area contributed by atoms with Crippen LogP contribution in [0.1, 0.15) is 53.6 Å². The van der Waals surface area contributed by atoms with Gasteiger partial charge in [0.15, 0.2) is 0 Å². The number of aryl methyl sites for hydroxylation is 2. The van der Waals surface area contributed by atoms with Gasteiger partial charge < -0.3 is 9.72 Å². The number of benzene rings is 1. The maximum absolute atomic E-state index is 13.1. The molecule has 2 heterocycles. The molecule has 28 heavy (non-hydrogen) atoms. The number of nitrogens with zero attached hydrogens (tertiary/aromatic N) is 3. The number of rotatable bonds is 2. The molecule has 4 atom stereocenters.